The molecule has 0 N–H and O–H groups in total. The first-order chi connectivity index (χ1) is 16.7. The zero-order valence-electron chi connectivity index (χ0n) is 18.7. The molecule has 0 aliphatic carbocycles. The predicted octanol–water partition coefficient (Wildman–Crippen LogP) is 5.89. The summed E-state index contributed by atoms with van der Waals surface area (Å²) in [6.07, 6.45) is -1.43. The molecule has 1 aliphatic rings. The second-order valence-corrected chi connectivity index (χ2v) is 7.85. The van der Waals surface area contributed by atoms with Crippen LogP contribution in [-0.4, -0.2) is 40.0 Å². The average molecular weight is 477 g/mol. The smallest absolute Gasteiger partial charge is 0.416 e. The average Bonchev–Trinajstić information content (AvgIpc) is 2.86. The monoisotopic (exact) mass is 477 g/mol. The highest BCUT2D eigenvalue weighted by Gasteiger charge is 2.36. The number of methoxy groups -OCH3 is 1. The summed E-state index contributed by atoms with van der Waals surface area (Å²) in [6, 6.07) is 11.0. The molecule has 0 saturated heterocycles. The van der Waals surface area contributed by atoms with Crippen LogP contribution in [0.25, 0.3) is 28.0 Å². The number of rotatable bonds is 3. The van der Waals surface area contributed by atoms with Gasteiger partial charge in [-0.25, -0.2) is 14.8 Å². The maximum absolute atomic E-state index is 13.4. The molecule has 7 nitrogen and oxygen atoms in total. The van der Waals surface area contributed by atoms with Crippen LogP contribution in [0, 0.1) is 0 Å². The first-order valence-electron chi connectivity index (χ1n) is 10.4. The number of alkyl halides is 3. The third-order valence-electron chi connectivity index (χ3n) is 5.78. The summed E-state index contributed by atoms with van der Waals surface area (Å²) in [7, 11) is 3.02. The Labute approximate surface area is 198 Å². The van der Waals surface area contributed by atoms with Crippen LogP contribution in [-0.2, 0) is 6.18 Å². The highest BCUT2D eigenvalue weighted by atomic mass is 19.4. The van der Waals surface area contributed by atoms with Crippen molar-refractivity contribution in [2.24, 2.45) is 0 Å². The van der Waals surface area contributed by atoms with Crippen molar-refractivity contribution in [3.8, 4) is 17.1 Å². The Morgan fingerprint density at radius 3 is 2.51 bits per heavy atom. The molecule has 35 heavy (non-hydrogen) atoms. The topological polar surface area (TPSA) is 71.5 Å². The number of amides is 2. The SMILES string of the molecule is C=C1c2cnc3ccc(-c4ccc(OC)nc4)nc3c2N(c2cccc(C(F)(F)F)c2)C(=O)N1C. The molecule has 4 aromatic rings. The number of pyridine rings is 3. The molecular formula is C25H18F3N5O2. The van der Waals surface area contributed by atoms with Gasteiger partial charge in [0.15, 0.2) is 0 Å². The number of hydrogen-bond acceptors (Lipinski definition) is 5. The third-order valence-corrected chi connectivity index (χ3v) is 5.78. The van der Waals surface area contributed by atoms with E-state index in [-0.39, 0.29) is 5.69 Å². The molecule has 0 unspecified atom stereocenters. The number of anilines is 2. The zero-order valence-corrected chi connectivity index (χ0v) is 18.7. The lowest BCUT2D eigenvalue weighted by atomic mass is 10.0. The number of ether oxygens (including phenoxy) is 1. The van der Waals surface area contributed by atoms with Crippen molar-refractivity contribution in [2.45, 2.75) is 6.18 Å². The van der Waals surface area contributed by atoms with Crippen LogP contribution in [0.4, 0.5) is 29.3 Å². The summed E-state index contributed by atoms with van der Waals surface area (Å²) in [5.74, 6) is 0.439. The summed E-state index contributed by atoms with van der Waals surface area (Å²) in [6.45, 7) is 3.99. The minimum atomic E-state index is -4.57. The van der Waals surface area contributed by atoms with Gasteiger partial charge in [-0.1, -0.05) is 12.6 Å². The fourth-order valence-electron chi connectivity index (χ4n) is 3.91. The van der Waals surface area contributed by atoms with Gasteiger partial charge in [0.2, 0.25) is 5.88 Å². The third kappa shape index (κ3) is 3.72. The first kappa shape index (κ1) is 22.3. The Hall–Kier alpha value is -4.47. The lowest BCUT2D eigenvalue weighted by molar-refractivity contribution is -0.137. The van der Waals surface area contributed by atoms with Gasteiger partial charge in [-0.15, -0.1) is 0 Å². The summed E-state index contributed by atoms with van der Waals surface area (Å²) in [5, 5.41) is 0. The molecule has 1 aliphatic heterocycles. The molecule has 0 spiro atoms. The standard InChI is InChI=1S/C25H18F3N5O2/c1-14-18-13-29-20-9-8-19(15-7-10-21(35-3)30-12-15)31-22(20)23(18)33(24(34)32(14)2)17-6-4-5-16(11-17)25(26,27)28/h4-13H,1H2,2-3H3. The number of hydrogen-bond donors (Lipinski definition) is 0. The van der Waals surface area contributed by atoms with Crippen LogP contribution in [0.3, 0.4) is 0 Å². The fourth-order valence-corrected chi connectivity index (χ4v) is 3.91. The fraction of sp³-hybridized carbons (Fsp3) is 0.120. The Kier molecular flexibility index (Phi) is 5.16. The van der Waals surface area contributed by atoms with Gasteiger partial charge in [-0.05, 0) is 36.4 Å². The lowest BCUT2D eigenvalue weighted by Gasteiger charge is -2.36. The van der Waals surface area contributed by atoms with E-state index in [9.17, 15) is 18.0 Å². The molecule has 1 aromatic carbocycles. The molecule has 10 heteroatoms. The first-order valence-corrected chi connectivity index (χ1v) is 10.4. The maximum atomic E-state index is 13.4. The van der Waals surface area contributed by atoms with E-state index >= 15 is 0 Å². The van der Waals surface area contributed by atoms with E-state index in [2.05, 4.69) is 16.5 Å². The van der Waals surface area contributed by atoms with Crippen molar-refractivity contribution in [2.75, 3.05) is 19.1 Å². The zero-order chi connectivity index (χ0) is 24.9. The minimum absolute atomic E-state index is 0.0521. The van der Waals surface area contributed by atoms with Crippen molar-refractivity contribution in [1.82, 2.24) is 19.9 Å². The minimum Gasteiger partial charge on any atom is -0.481 e. The van der Waals surface area contributed by atoms with Crippen molar-refractivity contribution in [1.29, 1.82) is 0 Å². The van der Waals surface area contributed by atoms with Crippen LogP contribution in [0.15, 0.2) is 67.5 Å². The summed E-state index contributed by atoms with van der Waals surface area (Å²) in [5.41, 5.74) is 2.38. The summed E-state index contributed by atoms with van der Waals surface area (Å²) < 4.78 is 45.4. The van der Waals surface area contributed by atoms with Crippen molar-refractivity contribution in [3.05, 3.63) is 78.6 Å². The van der Waals surface area contributed by atoms with Gasteiger partial charge in [-0.3, -0.25) is 14.8 Å². The second kappa shape index (κ2) is 8.08. The molecule has 176 valence electrons. The number of fused-ring (bicyclic) bond motifs is 3. The number of nitrogens with zero attached hydrogens (tertiary/aromatic N) is 5. The molecule has 2 amide bonds. The number of benzene rings is 1. The molecule has 4 heterocycles. The molecule has 0 atom stereocenters. The van der Waals surface area contributed by atoms with E-state index in [1.807, 2.05) is 0 Å². The van der Waals surface area contributed by atoms with Crippen LogP contribution in [0.1, 0.15) is 11.1 Å². The van der Waals surface area contributed by atoms with Gasteiger partial charge >= 0.3 is 12.2 Å². The number of halogens is 3. The van der Waals surface area contributed by atoms with Crippen LogP contribution in [0.2, 0.25) is 0 Å². The van der Waals surface area contributed by atoms with Gasteiger partial charge in [0.1, 0.15) is 5.52 Å². The number of carbonyl (C=O) groups excluding carboxylic acids is 1. The molecule has 5 rings (SSSR count). The van der Waals surface area contributed by atoms with E-state index < -0.39 is 17.8 Å². The molecule has 0 saturated carbocycles. The normalized spacial score (nSPS) is 13.9. The Morgan fingerprint density at radius 2 is 1.83 bits per heavy atom. The van der Waals surface area contributed by atoms with Gasteiger partial charge in [0.05, 0.1) is 35.3 Å². The summed E-state index contributed by atoms with van der Waals surface area (Å²) in [4.78, 5) is 29.2. The van der Waals surface area contributed by atoms with E-state index in [1.54, 1.807) is 36.7 Å². The van der Waals surface area contributed by atoms with Gasteiger partial charge in [0.25, 0.3) is 0 Å². The van der Waals surface area contributed by atoms with Gasteiger partial charge in [0, 0.05) is 42.3 Å². The van der Waals surface area contributed by atoms with Crippen molar-refractivity contribution in [3.63, 3.8) is 0 Å². The Bertz CT molecular complexity index is 1490. The molecule has 3 aromatic heterocycles. The quantitative estimate of drug-likeness (QED) is 0.368. The van der Waals surface area contributed by atoms with E-state index in [0.717, 1.165) is 12.1 Å². The van der Waals surface area contributed by atoms with E-state index in [4.69, 9.17) is 9.72 Å². The largest absolute Gasteiger partial charge is 0.481 e. The lowest BCUT2D eigenvalue weighted by Crippen LogP contribution is -2.41. The van der Waals surface area contributed by atoms with Gasteiger partial charge in [-0.2, -0.15) is 13.2 Å². The molecule has 0 fully saturated rings. The maximum Gasteiger partial charge on any atom is 0.416 e. The molecule has 0 radical (unpaired) electrons. The highest BCUT2D eigenvalue weighted by Crippen LogP contribution is 2.43. The van der Waals surface area contributed by atoms with Crippen LogP contribution in [0.5, 0.6) is 5.88 Å². The van der Waals surface area contributed by atoms with E-state index in [0.29, 0.717) is 45.1 Å². The van der Waals surface area contributed by atoms with Crippen LogP contribution < -0.4 is 9.64 Å². The van der Waals surface area contributed by atoms with E-state index in [1.165, 1.54) is 36.1 Å². The number of carbonyl (C=O) groups is 1. The Morgan fingerprint density at radius 1 is 1.03 bits per heavy atom. The predicted molar refractivity (Wildman–Crippen MR) is 125 cm³/mol. The van der Waals surface area contributed by atoms with Gasteiger partial charge < -0.3 is 4.74 Å². The number of urea groups is 1. The molecule has 0 bridgehead atoms. The van der Waals surface area contributed by atoms with Crippen LogP contribution >= 0.6 is 0 Å². The highest BCUT2D eigenvalue weighted by molar-refractivity contribution is 6.14. The van der Waals surface area contributed by atoms with Crippen molar-refractivity contribution >= 4 is 34.1 Å². The van der Waals surface area contributed by atoms with Crippen molar-refractivity contribution < 1.29 is 22.7 Å². The second-order valence-electron chi connectivity index (χ2n) is 7.85. The molecular weight excluding hydrogens is 459 g/mol. The summed E-state index contributed by atoms with van der Waals surface area (Å²) >= 11 is 0. The Balaban J connectivity index is 1.76. The number of aromatic nitrogens is 3.